The first-order valence-electron chi connectivity index (χ1n) is 14.1. The van der Waals surface area contributed by atoms with Crippen LogP contribution in [0.15, 0.2) is 48.7 Å². The standard InChI is InChI=1S/C33H39FN2O4.Na/c1-19(32(37)38)31(21-7-8-21)23-9-6-20-11-13-28(40-29(20)15-23)22-10-12-25(24(14-22)17-36-33(2,3)4)26-16-30(39-5)35-18-27(26)34;/h6,9-10,12,14-16,18-19,21,28,31,36H,7-8,11,13,17H2,1-5H3,(H,37,38);/q;+1/p-1/t19-,28?,31-;/m0./s1. The van der Waals surface area contributed by atoms with E-state index in [1.54, 1.807) is 13.0 Å². The molecule has 1 N–H and O–H groups in total. The molecule has 3 aromatic rings. The number of aliphatic carboxylic acids is 1. The van der Waals surface area contributed by atoms with E-state index in [-0.39, 0.29) is 47.1 Å². The molecule has 212 valence electrons. The van der Waals surface area contributed by atoms with E-state index in [1.165, 1.54) is 13.3 Å². The molecule has 1 aliphatic carbocycles. The molecule has 0 amide bonds. The Morgan fingerprint density at radius 3 is 2.56 bits per heavy atom. The van der Waals surface area contributed by atoms with Gasteiger partial charge in [0.2, 0.25) is 5.88 Å². The number of nitrogens with one attached hydrogen (secondary N) is 1. The Bertz CT molecular complexity index is 1400. The van der Waals surface area contributed by atoms with Crippen LogP contribution in [-0.4, -0.2) is 23.6 Å². The molecule has 1 aliphatic heterocycles. The number of halogens is 1. The molecule has 0 spiro atoms. The summed E-state index contributed by atoms with van der Waals surface area (Å²) in [6.45, 7) is 8.59. The quantitative estimate of drug-likeness (QED) is 0.400. The zero-order chi connectivity index (χ0) is 28.6. The zero-order valence-electron chi connectivity index (χ0n) is 24.9. The predicted molar refractivity (Wildman–Crippen MR) is 151 cm³/mol. The maximum Gasteiger partial charge on any atom is 1.00 e. The van der Waals surface area contributed by atoms with Gasteiger partial charge in [0.05, 0.1) is 13.3 Å². The van der Waals surface area contributed by atoms with Crippen LogP contribution in [0.1, 0.15) is 81.2 Å². The molecule has 2 aromatic carbocycles. The van der Waals surface area contributed by atoms with Gasteiger partial charge in [-0.3, -0.25) is 0 Å². The van der Waals surface area contributed by atoms with Crippen molar-refractivity contribution in [1.29, 1.82) is 0 Å². The van der Waals surface area contributed by atoms with Crippen LogP contribution < -0.4 is 49.5 Å². The Hall–Kier alpha value is -2.45. The summed E-state index contributed by atoms with van der Waals surface area (Å²) in [4.78, 5) is 15.7. The molecule has 0 bridgehead atoms. The molecule has 6 nitrogen and oxygen atoms in total. The summed E-state index contributed by atoms with van der Waals surface area (Å²) in [5.41, 5.74) is 5.21. The van der Waals surface area contributed by atoms with Crippen molar-refractivity contribution in [3.8, 4) is 22.8 Å². The number of carbonyl (C=O) groups is 1. The number of rotatable bonds is 9. The molecule has 1 aromatic heterocycles. The number of pyridine rings is 1. The fourth-order valence-corrected chi connectivity index (χ4v) is 5.72. The minimum atomic E-state index is -1.01. The summed E-state index contributed by atoms with van der Waals surface area (Å²) in [5, 5.41) is 15.3. The Kier molecular flexibility index (Phi) is 9.85. The van der Waals surface area contributed by atoms with Crippen LogP contribution in [0.2, 0.25) is 0 Å². The topological polar surface area (TPSA) is 83.5 Å². The number of hydrogen-bond acceptors (Lipinski definition) is 6. The minimum absolute atomic E-state index is 0. The molecule has 5 rings (SSSR count). The van der Waals surface area contributed by atoms with Crippen molar-refractivity contribution in [3.05, 3.63) is 76.7 Å². The van der Waals surface area contributed by atoms with Crippen LogP contribution in [0, 0.1) is 17.7 Å². The van der Waals surface area contributed by atoms with Crippen LogP contribution in [0.5, 0.6) is 11.6 Å². The molecule has 1 unspecified atom stereocenters. The maximum absolute atomic E-state index is 14.9. The third-order valence-electron chi connectivity index (χ3n) is 8.10. The molecule has 2 heterocycles. The summed E-state index contributed by atoms with van der Waals surface area (Å²) < 4.78 is 26.8. The van der Waals surface area contributed by atoms with Gasteiger partial charge in [0.15, 0.2) is 0 Å². The van der Waals surface area contributed by atoms with E-state index in [1.807, 2.05) is 18.2 Å². The number of aromatic nitrogens is 1. The Labute approximate surface area is 264 Å². The summed E-state index contributed by atoms with van der Waals surface area (Å²) in [7, 11) is 1.52. The second-order valence-electron chi connectivity index (χ2n) is 12.2. The molecule has 2 aliphatic rings. The number of ether oxygens (including phenoxy) is 2. The third-order valence-corrected chi connectivity index (χ3v) is 8.10. The monoisotopic (exact) mass is 568 g/mol. The average Bonchev–Trinajstić information content (AvgIpc) is 3.76. The van der Waals surface area contributed by atoms with Crippen LogP contribution in [0.3, 0.4) is 0 Å². The first-order valence-corrected chi connectivity index (χ1v) is 14.1. The number of carboxylic acid groups (broad SMARTS) is 1. The van der Waals surface area contributed by atoms with Gasteiger partial charge in [-0.05, 0) is 92.2 Å². The smallest absolute Gasteiger partial charge is 0.550 e. The first kappa shape index (κ1) is 31.5. The van der Waals surface area contributed by atoms with Crippen molar-refractivity contribution < 1.29 is 53.3 Å². The number of nitrogens with zero attached hydrogens (tertiary/aromatic N) is 1. The molecule has 3 atom stereocenters. The molecule has 1 fully saturated rings. The molecular weight excluding hydrogens is 530 g/mol. The minimum Gasteiger partial charge on any atom is -0.550 e. The van der Waals surface area contributed by atoms with Gasteiger partial charge in [-0.15, -0.1) is 0 Å². The average molecular weight is 569 g/mol. The molecule has 0 radical (unpaired) electrons. The Morgan fingerprint density at radius 2 is 1.90 bits per heavy atom. The predicted octanol–water partition coefficient (Wildman–Crippen LogP) is 2.73. The van der Waals surface area contributed by atoms with Crippen molar-refractivity contribution in [1.82, 2.24) is 10.3 Å². The van der Waals surface area contributed by atoms with Gasteiger partial charge in [0.25, 0.3) is 0 Å². The van der Waals surface area contributed by atoms with E-state index in [0.29, 0.717) is 23.9 Å². The van der Waals surface area contributed by atoms with Crippen LogP contribution in [-0.2, 0) is 17.8 Å². The maximum atomic E-state index is 14.9. The fourth-order valence-electron chi connectivity index (χ4n) is 5.72. The van der Waals surface area contributed by atoms with Gasteiger partial charge < -0.3 is 24.7 Å². The largest absolute Gasteiger partial charge is 1.00 e. The first-order chi connectivity index (χ1) is 19.0. The summed E-state index contributed by atoms with van der Waals surface area (Å²) in [6.07, 6.45) is 4.79. The van der Waals surface area contributed by atoms with Crippen molar-refractivity contribution >= 4 is 5.97 Å². The van der Waals surface area contributed by atoms with Gasteiger partial charge in [-0.25, -0.2) is 9.37 Å². The van der Waals surface area contributed by atoms with E-state index < -0.39 is 17.7 Å². The van der Waals surface area contributed by atoms with Gasteiger partial charge in [-0.2, -0.15) is 0 Å². The number of benzene rings is 2. The molecule has 8 heteroatoms. The second-order valence-corrected chi connectivity index (χ2v) is 12.2. The van der Waals surface area contributed by atoms with E-state index in [0.717, 1.165) is 59.3 Å². The number of methoxy groups -OCH3 is 1. The van der Waals surface area contributed by atoms with Gasteiger partial charge in [-0.1, -0.05) is 37.3 Å². The Morgan fingerprint density at radius 1 is 1.15 bits per heavy atom. The third kappa shape index (κ3) is 7.31. The number of fused-ring (bicyclic) bond motifs is 1. The van der Waals surface area contributed by atoms with Crippen LogP contribution in [0.4, 0.5) is 4.39 Å². The number of carbonyl (C=O) groups excluding carboxylic acids is 1. The summed E-state index contributed by atoms with van der Waals surface area (Å²) >= 11 is 0. The SMILES string of the molecule is COc1cc(-c2ccc(C3CCc4ccc([C@H](C5CC5)[C@H](C)C(=O)[O-])cc4O3)cc2CNC(C)(C)C)c(F)cn1.[Na+]. The van der Waals surface area contributed by atoms with Crippen molar-refractivity contribution in [2.24, 2.45) is 11.8 Å². The number of hydrogen-bond donors (Lipinski definition) is 1. The van der Waals surface area contributed by atoms with Gasteiger partial charge in [0.1, 0.15) is 17.7 Å². The molecule has 41 heavy (non-hydrogen) atoms. The summed E-state index contributed by atoms with van der Waals surface area (Å²) in [5.74, 6) is -0.486. The zero-order valence-corrected chi connectivity index (χ0v) is 26.9. The van der Waals surface area contributed by atoms with Crippen LogP contribution >= 0.6 is 0 Å². The van der Waals surface area contributed by atoms with Gasteiger partial charge >= 0.3 is 29.6 Å². The second kappa shape index (κ2) is 12.8. The number of carboxylic acids is 1. The van der Waals surface area contributed by atoms with Gasteiger partial charge in [0, 0.05) is 35.6 Å². The van der Waals surface area contributed by atoms with E-state index in [9.17, 15) is 14.3 Å². The van der Waals surface area contributed by atoms with E-state index in [2.05, 4.69) is 49.3 Å². The molecule has 1 saturated carbocycles. The van der Waals surface area contributed by atoms with E-state index in [4.69, 9.17) is 9.47 Å². The normalized spacial score (nSPS) is 18.0. The number of aryl methyl sites for hydroxylation is 1. The van der Waals surface area contributed by atoms with Crippen molar-refractivity contribution in [2.75, 3.05) is 7.11 Å². The Balaban J connectivity index is 0.00000387. The summed E-state index contributed by atoms with van der Waals surface area (Å²) in [6, 6.07) is 13.9. The molecule has 0 saturated heterocycles. The molecular formula is C33H38FN2NaO4. The van der Waals surface area contributed by atoms with Crippen LogP contribution in [0.25, 0.3) is 11.1 Å². The fraction of sp³-hybridized carbons (Fsp3) is 0.455. The van der Waals surface area contributed by atoms with Crippen molar-refractivity contribution in [3.63, 3.8) is 0 Å². The van der Waals surface area contributed by atoms with E-state index >= 15 is 0 Å². The van der Waals surface area contributed by atoms with Crippen molar-refractivity contribution in [2.45, 2.75) is 77.5 Å².